The Kier molecular flexibility index (Phi) is 10.7. The average Bonchev–Trinajstić information content (AvgIpc) is 2.96. The molecule has 0 saturated carbocycles. The Labute approximate surface area is 210 Å². The van der Waals surface area contributed by atoms with Crippen LogP contribution in [0.2, 0.25) is 0 Å². The number of carbonyl (C=O) groups is 1. The first kappa shape index (κ1) is 26.8. The van der Waals surface area contributed by atoms with Crippen LogP contribution in [-0.2, 0) is 14.3 Å². The molecule has 0 fully saturated rings. The molecule has 0 saturated heterocycles. The zero-order chi connectivity index (χ0) is 25.0. The van der Waals surface area contributed by atoms with Crippen molar-refractivity contribution in [2.45, 2.75) is 58.8 Å². The number of carbonyl (C=O) groups excluding carboxylic acids is 1. The summed E-state index contributed by atoms with van der Waals surface area (Å²) in [6.07, 6.45) is 6.94. The Bertz CT molecular complexity index is 965. The Balaban J connectivity index is 1.80. The van der Waals surface area contributed by atoms with Crippen molar-refractivity contribution in [3.05, 3.63) is 64.7 Å². The summed E-state index contributed by atoms with van der Waals surface area (Å²) in [5.41, 5.74) is 5.32. The van der Waals surface area contributed by atoms with Crippen LogP contribution in [0.15, 0.2) is 48.0 Å². The first-order chi connectivity index (χ1) is 17.0. The third-order valence-electron chi connectivity index (χ3n) is 6.44. The van der Waals surface area contributed by atoms with E-state index in [4.69, 9.17) is 14.2 Å². The summed E-state index contributed by atoms with van der Waals surface area (Å²) < 4.78 is 16.5. The highest BCUT2D eigenvalue weighted by molar-refractivity contribution is 5.94. The van der Waals surface area contributed by atoms with Gasteiger partial charge in [0.2, 0.25) is 0 Å². The van der Waals surface area contributed by atoms with Gasteiger partial charge in [-0.25, -0.2) is 4.79 Å². The minimum Gasteiger partial charge on any atom is -0.491 e. The number of esters is 1. The van der Waals surface area contributed by atoms with E-state index >= 15 is 0 Å². The molecule has 0 radical (unpaired) electrons. The van der Waals surface area contributed by atoms with E-state index in [1.165, 1.54) is 18.2 Å². The zero-order valence-electron chi connectivity index (χ0n) is 21.8. The van der Waals surface area contributed by atoms with Gasteiger partial charge >= 0.3 is 5.97 Å². The van der Waals surface area contributed by atoms with E-state index in [2.05, 4.69) is 56.4 Å². The number of hydrogen-bond donors (Lipinski definition) is 1. The number of unbranched alkanes of at least 4 members (excludes halogenated alkanes) is 1. The van der Waals surface area contributed by atoms with Gasteiger partial charge in [0.1, 0.15) is 12.4 Å². The molecule has 1 unspecified atom stereocenters. The lowest BCUT2D eigenvalue weighted by molar-refractivity contribution is -0.136. The van der Waals surface area contributed by atoms with Crippen molar-refractivity contribution in [2.24, 2.45) is 5.92 Å². The summed E-state index contributed by atoms with van der Waals surface area (Å²) in [7, 11) is 1.45. The van der Waals surface area contributed by atoms with E-state index in [9.17, 15) is 4.79 Å². The summed E-state index contributed by atoms with van der Waals surface area (Å²) in [5, 5.41) is 3.54. The van der Waals surface area contributed by atoms with E-state index in [-0.39, 0.29) is 11.9 Å². The predicted octanol–water partition coefficient (Wildman–Crippen LogP) is 6.82. The van der Waals surface area contributed by atoms with E-state index < -0.39 is 0 Å². The van der Waals surface area contributed by atoms with Crippen LogP contribution in [0.3, 0.4) is 0 Å². The molecule has 5 heteroatoms. The van der Waals surface area contributed by atoms with Gasteiger partial charge in [-0.2, -0.15) is 0 Å². The van der Waals surface area contributed by atoms with E-state index in [1.807, 2.05) is 18.2 Å². The molecule has 35 heavy (non-hydrogen) atoms. The lowest BCUT2D eigenvalue weighted by Crippen LogP contribution is -2.10. The van der Waals surface area contributed by atoms with Crippen LogP contribution in [0.25, 0.3) is 6.08 Å². The summed E-state index contributed by atoms with van der Waals surface area (Å²) in [6, 6.07) is 15.0. The Morgan fingerprint density at radius 2 is 1.77 bits per heavy atom. The summed E-state index contributed by atoms with van der Waals surface area (Å²) in [6.45, 7) is 9.52. The van der Waals surface area contributed by atoms with E-state index in [0.717, 1.165) is 67.8 Å². The van der Waals surface area contributed by atoms with Crippen LogP contribution in [-0.4, -0.2) is 39.4 Å². The summed E-state index contributed by atoms with van der Waals surface area (Å²) in [5.74, 6) is 1.25. The molecular weight excluding hydrogens is 438 g/mol. The molecule has 2 aromatic carbocycles. The molecule has 1 N–H and O–H groups in total. The minimum absolute atomic E-state index is 0.231. The van der Waals surface area contributed by atoms with Crippen LogP contribution in [0.5, 0.6) is 5.75 Å². The fourth-order valence-corrected chi connectivity index (χ4v) is 4.57. The molecule has 2 aromatic rings. The SMILES string of the molecule is CCCCOCCOc1ccc(C(c2ccc3c(c2)/C=C(/C(=O)OC)CCCCN3)C(C)C)cc1. The molecule has 1 heterocycles. The van der Waals surface area contributed by atoms with Gasteiger partial charge in [0, 0.05) is 30.3 Å². The first-order valence-corrected chi connectivity index (χ1v) is 13.0. The maximum atomic E-state index is 12.3. The highest BCUT2D eigenvalue weighted by Crippen LogP contribution is 2.35. The molecule has 1 atom stereocenters. The molecule has 1 aliphatic rings. The fraction of sp³-hybridized carbons (Fsp3) is 0.500. The predicted molar refractivity (Wildman–Crippen MR) is 143 cm³/mol. The first-order valence-electron chi connectivity index (χ1n) is 13.0. The normalized spacial score (nSPS) is 16.1. The van der Waals surface area contributed by atoms with Crippen LogP contribution in [0, 0.1) is 5.92 Å². The van der Waals surface area contributed by atoms with Gasteiger partial charge in [0.25, 0.3) is 0 Å². The monoisotopic (exact) mass is 479 g/mol. The molecule has 0 aromatic heterocycles. The molecule has 0 amide bonds. The van der Waals surface area contributed by atoms with Crippen molar-refractivity contribution in [2.75, 3.05) is 38.8 Å². The molecule has 5 nitrogen and oxygen atoms in total. The van der Waals surface area contributed by atoms with E-state index in [1.54, 1.807) is 0 Å². The minimum atomic E-state index is -0.241. The Morgan fingerprint density at radius 3 is 2.49 bits per heavy atom. The molecular formula is C30H41NO4. The number of rotatable bonds is 11. The van der Waals surface area contributed by atoms with Gasteiger partial charge < -0.3 is 19.5 Å². The standard InChI is InChI=1S/C30H41NO4/c1-5-6-17-34-18-19-35-27-13-10-23(11-14-27)29(22(2)3)24-12-15-28-26(20-24)21-25(30(32)33-4)9-7-8-16-31-28/h10-15,20-22,29,31H,5-9,16-19H2,1-4H3/b25-21+. The van der Waals surface area contributed by atoms with Gasteiger partial charge in [0.05, 0.1) is 13.7 Å². The second-order valence-corrected chi connectivity index (χ2v) is 9.50. The maximum Gasteiger partial charge on any atom is 0.333 e. The van der Waals surface area contributed by atoms with Crippen LogP contribution in [0.4, 0.5) is 5.69 Å². The third kappa shape index (κ3) is 7.86. The van der Waals surface area contributed by atoms with Gasteiger partial charge in [-0.1, -0.05) is 45.4 Å². The fourth-order valence-electron chi connectivity index (χ4n) is 4.57. The van der Waals surface area contributed by atoms with Gasteiger partial charge in [-0.3, -0.25) is 0 Å². The van der Waals surface area contributed by atoms with Crippen LogP contribution in [0.1, 0.15) is 75.5 Å². The van der Waals surface area contributed by atoms with Gasteiger partial charge in [-0.05, 0) is 78.6 Å². The molecule has 0 bridgehead atoms. The van der Waals surface area contributed by atoms with Crippen LogP contribution < -0.4 is 10.1 Å². The number of anilines is 1. The van der Waals surface area contributed by atoms with Crippen molar-refractivity contribution in [3.8, 4) is 5.75 Å². The lowest BCUT2D eigenvalue weighted by Gasteiger charge is -2.24. The molecule has 0 spiro atoms. The largest absolute Gasteiger partial charge is 0.491 e. The Hall–Kier alpha value is -2.79. The number of nitrogens with one attached hydrogen (secondary N) is 1. The van der Waals surface area contributed by atoms with Crippen molar-refractivity contribution >= 4 is 17.7 Å². The average molecular weight is 480 g/mol. The maximum absolute atomic E-state index is 12.3. The topological polar surface area (TPSA) is 56.8 Å². The van der Waals surface area contributed by atoms with Crippen molar-refractivity contribution in [1.29, 1.82) is 0 Å². The second kappa shape index (κ2) is 13.9. The van der Waals surface area contributed by atoms with Gasteiger partial charge in [0.15, 0.2) is 0 Å². The number of methoxy groups -OCH3 is 1. The highest BCUT2D eigenvalue weighted by atomic mass is 16.5. The lowest BCUT2D eigenvalue weighted by atomic mass is 9.82. The summed E-state index contributed by atoms with van der Waals surface area (Å²) in [4.78, 5) is 12.3. The third-order valence-corrected chi connectivity index (χ3v) is 6.44. The number of benzene rings is 2. The molecule has 190 valence electrons. The van der Waals surface area contributed by atoms with Crippen molar-refractivity contribution in [1.82, 2.24) is 0 Å². The number of hydrogen-bond acceptors (Lipinski definition) is 5. The van der Waals surface area contributed by atoms with Crippen molar-refractivity contribution < 1.29 is 19.0 Å². The summed E-state index contributed by atoms with van der Waals surface area (Å²) >= 11 is 0. The highest BCUT2D eigenvalue weighted by Gasteiger charge is 2.20. The molecule has 1 aliphatic heterocycles. The van der Waals surface area contributed by atoms with Crippen molar-refractivity contribution in [3.63, 3.8) is 0 Å². The second-order valence-electron chi connectivity index (χ2n) is 9.50. The molecule has 0 aliphatic carbocycles. The Morgan fingerprint density at radius 1 is 1.00 bits per heavy atom. The zero-order valence-corrected chi connectivity index (χ0v) is 21.8. The van der Waals surface area contributed by atoms with E-state index in [0.29, 0.717) is 19.1 Å². The quantitative estimate of drug-likeness (QED) is 0.283. The van der Waals surface area contributed by atoms with Crippen LogP contribution >= 0.6 is 0 Å². The smallest absolute Gasteiger partial charge is 0.333 e. The van der Waals surface area contributed by atoms with Gasteiger partial charge in [-0.15, -0.1) is 0 Å². The number of fused-ring (bicyclic) bond motifs is 1. The number of ether oxygens (including phenoxy) is 3. The molecule has 3 rings (SSSR count).